The molecule has 0 aliphatic carbocycles. The first-order valence-corrected chi connectivity index (χ1v) is 9.40. The summed E-state index contributed by atoms with van der Waals surface area (Å²) in [5.74, 6) is -0.775. The van der Waals surface area contributed by atoms with Crippen molar-refractivity contribution in [3.05, 3.63) is 60.8 Å². The number of carboxylic acid groups (broad SMARTS) is 1. The number of rotatable bonds is 15. The molecule has 4 heteroatoms. The number of allylic oxidation sites excluding steroid dienone is 8. The molecule has 3 N–H and O–H groups in total. The zero-order chi connectivity index (χ0) is 19.5. The van der Waals surface area contributed by atoms with Gasteiger partial charge in [-0.3, -0.25) is 4.79 Å². The zero-order valence-corrected chi connectivity index (χ0v) is 15.8. The van der Waals surface area contributed by atoms with Gasteiger partial charge in [0.2, 0.25) is 0 Å². The number of carbonyl (C=O) groups is 1. The molecule has 4 nitrogen and oxygen atoms in total. The second-order valence-corrected chi connectivity index (χ2v) is 6.01. The minimum absolute atomic E-state index is 0.169. The first kappa shape index (κ1) is 24.1. The Morgan fingerprint density at radius 3 is 1.62 bits per heavy atom. The van der Waals surface area contributed by atoms with Crippen LogP contribution in [0.25, 0.3) is 0 Å². The molecule has 0 rings (SSSR count). The third-order valence-corrected chi connectivity index (χ3v) is 3.61. The Hall–Kier alpha value is -1.91. The van der Waals surface area contributed by atoms with E-state index in [2.05, 4.69) is 19.1 Å². The number of hydrogen-bond donors (Lipinski definition) is 3. The quantitative estimate of drug-likeness (QED) is 0.369. The average molecular weight is 363 g/mol. The molecule has 0 aliphatic heterocycles. The van der Waals surface area contributed by atoms with Crippen LogP contribution in [0.4, 0.5) is 0 Å². The van der Waals surface area contributed by atoms with Crippen molar-refractivity contribution in [1.29, 1.82) is 0 Å². The van der Waals surface area contributed by atoms with Gasteiger partial charge in [0.25, 0.3) is 0 Å². The van der Waals surface area contributed by atoms with Gasteiger partial charge in [-0.1, -0.05) is 67.7 Å². The highest BCUT2D eigenvalue weighted by Gasteiger charge is 2.12. The van der Waals surface area contributed by atoms with Gasteiger partial charge in [0, 0.05) is 6.42 Å². The molecule has 0 saturated carbocycles. The number of aliphatic carboxylic acids is 1. The summed E-state index contributed by atoms with van der Waals surface area (Å²) in [6.45, 7) is 2.09. The average Bonchev–Trinajstić information content (AvgIpc) is 2.61. The number of hydrogen-bond acceptors (Lipinski definition) is 3. The van der Waals surface area contributed by atoms with Crippen molar-refractivity contribution in [1.82, 2.24) is 0 Å². The van der Waals surface area contributed by atoms with Gasteiger partial charge in [0.1, 0.15) is 0 Å². The van der Waals surface area contributed by atoms with Crippen molar-refractivity contribution < 1.29 is 20.1 Å². The van der Waals surface area contributed by atoms with E-state index in [9.17, 15) is 15.0 Å². The zero-order valence-electron chi connectivity index (χ0n) is 15.8. The molecule has 0 heterocycles. The van der Waals surface area contributed by atoms with Gasteiger partial charge in [0.05, 0.1) is 12.2 Å². The van der Waals surface area contributed by atoms with Crippen LogP contribution in [0.2, 0.25) is 0 Å². The molecule has 0 fully saturated rings. The summed E-state index contributed by atoms with van der Waals surface area (Å²) in [5.41, 5.74) is 0. The SMILES string of the molecule is CC/C=C\C/C=C\C[C@@H](O)[C@@H](O)C/C=C\C/C=C\C/C=C\CCC(=O)O. The minimum Gasteiger partial charge on any atom is -0.481 e. The van der Waals surface area contributed by atoms with Crippen LogP contribution >= 0.6 is 0 Å². The van der Waals surface area contributed by atoms with Crippen LogP contribution in [-0.4, -0.2) is 33.5 Å². The fourth-order valence-electron chi connectivity index (χ4n) is 2.09. The largest absolute Gasteiger partial charge is 0.481 e. The number of aliphatic hydroxyl groups excluding tert-OH is 2. The van der Waals surface area contributed by atoms with Gasteiger partial charge in [-0.2, -0.15) is 0 Å². The Bertz CT molecular complexity index is 486. The van der Waals surface area contributed by atoms with Gasteiger partial charge in [-0.25, -0.2) is 0 Å². The molecule has 0 aromatic heterocycles. The molecule has 26 heavy (non-hydrogen) atoms. The van der Waals surface area contributed by atoms with Crippen LogP contribution in [0.3, 0.4) is 0 Å². The third kappa shape index (κ3) is 16.9. The van der Waals surface area contributed by atoms with Crippen LogP contribution in [0.1, 0.15) is 58.3 Å². The topological polar surface area (TPSA) is 77.8 Å². The molecule has 0 unspecified atom stereocenters. The van der Waals surface area contributed by atoms with Gasteiger partial charge in [-0.15, -0.1) is 0 Å². The summed E-state index contributed by atoms with van der Waals surface area (Å²) < 4.78 is 0. The summed E-state index contributed by atoms with van der Waals surface area (Å²) in [6, 6.07) is 0. The van der Waals surface area contributed by atoms with E-state index >= 15 is 0 Å². The van der Waals surface area contributed by atoms with Crippen molar-refractivity contribution >= 4 is 5.97 Å². The van der Waals surface area contributed by atoms with Crippen LogP contribution in [0.15, 0.2) is 60.8 Å². The molecule has 0 spiro atoms. The smallest absolute Gasteiger partial charge is 0.303 e. The molecule has 0 radical (unpaired) electrons. The van der Waals surface area contributed by atoms with E-state index in [1.807, 2.05) is 48.6 Å². The Labute approximate surface area is 157 Å². The summed E-state index contributed by atoms with van der Waals surface area (Å²) in [6.07, 6.45) is 23.4. The molecule has 146 valence electrons. The van der Waals surface area contributed by atoms with Crippen LogP contribution in [0, 0.1) is 0 Å². The maximum absolute atomic E-state index is 10.3. The van der Waals surface area contributed by atoms with E-state index in [-0.39, 0.29) is 6.42 Å². The predicted octanol–water partition coefficient (Wildman–Crippen LogP) is 4.71. The predicted molar refractivity (Wildman–Crippen MR) is 108 cm³/mol. The highest BCUT2D eigenvalue weighted by molar-refractivity contribution is 5.66. The van der Waals surface area contributed by atoms with Crippen LogP contribution < -0.4 is 0 Å². The van der Waals surface area contributed by atoms with Crippen molar-refractivity contribution in [3.63, 3.8) is 0 Å². The van der Waals surface area contributed by atoms with Gasteiger partial charge < -0.3 is 15.3 Å². The van der Waals surface area contributed by atoms with Gasteiger partial charge in [-0.05, 0) is 44.9 Å². The first-order valence-electron chi connectivity index (χ1n) is 9.40. The number of aliphatic hydroxyl groups is 2. The lowest BCUT2D eigenvalue weighted by Gasteiger charge is -2.14. The van der Waals surface area contributed by atoms with E-state index in [1.54, 1.807) is 0 Å². The molecular weight excluding hydrogens is 328 g/mol. The van der Waals surface area contributed by atoms with Crippen molar-refractivity contribution in [2.45, 2.75) is 70.5 Å². The lowest BCUT2D eigenvalue weighted by atomic mass is 10.1. The summed E-state index contributed by atoms with van der Waals surface area (Å²) in [5, 5.41) is 28.3. The number of carboxylic acids is 1. The maximum Gasteiger partial charge on any atom is 0.303 e. The molecule has 0 aromatic rings. The second kappa shape index (κ2) is 17.9. The Morgan fingerprint density at radius 1 is 0.731 bits per heavy atom. The fourth-order valence-corrected chi connectivity index (χ4v) is 2.09. The minimum atomic E-state index is -0.775. The molecule has 2 atom stereocenters. The summed E-state index contributed by atoms with van der Waals surface area (Å²) >= 11 is 0. The summed E-state index contributed by atoms with van der Waals surface area (Å²) in [7, 11) is 0. The normalized spacial score (nSPS) is 15.2. The second-order valence-electron chi connectivity index (χ2n) is 6.01. The van der Waals surface area contributed by atoms with E-state index in [0.29, 0.717) is 19.3 Å². The lowest BCUT2D eigenvalue weighted by molar-refractivity contribution is -0.136. The van der Waals surface area contributed by atoms with E-state index in [0.717, 1.165) is 25.7 Å². The molecule has 0 bridgehead atoms. The lowest BCUT2D eigenvalue weighted by Crippen LogP contribution is -2.24. The maximum atomic E-state index is 10.3. The Balaban J connectivity index is 3.77. The van der Waals surface area contributed by atoms with E-state index < -0.39 is 18.2 Å². The summed E-state index contributed by atoms with van der Waals surface area (Å²) in [4.78, 5) is 10.3. The Morgan fingerprint density at radius 2 is 1.15 bits per heavy atom. The van der Waals surface area contributed by atoms with Crippen molar-refractivity contribution in [2.24, 2.45) is 0 Å². The highest BCUT2D eigenvalue weighted by atomic mass is 16.4. The Kier molecular flexibility index (Phi) is 16.6. The molecule has 0 aromatic carbocycles. The molecule has 0 saturated heterocycles. The third-order valence-electron chi connectivity index (χ3n) is 3.61. The monoisotopic (exact) mass is 362 g/mol. The van der Waals surface area contributed by atoms with Crippen LogP contribution in [0.5, 0.6) is 0 Å². The van der Waals surface area contributed by atoms with Crippen molar-refractivity contribution in [2.75, 3.05) is 0 Å². The standard InChI is InChI=1S/C22H34O4/c1-2-3-4-5-11-14-17-20(23)21(24)18-15-12-9-7-6-8-10-13-16-19-22(25)26/h3-4,6-7,10-15,20-21,23-24H,2,5,8-9,16-19H2,1H3,(H,25,26)/b4-3-,7-6-,13-10-,14-11-,15-12-/t20-,21+/m1/s1. The molecule has 0 amide bonds. The van der Waals surface area contributed by atoms with E-state index in [1.165, 1.54) is 0 Å². The van der Waals surface area contributed by atoms with Gasteiger partial charge in [0.15, 0.2) is 0 Å². The highest BCUT2D eigenvalue weighted by Crippen LogP contribution is 2.06. The van der Waals surface area contributed by atoms with Crippen molar-refractivity contribution in [3.8, 4) is 0 Å². The molecule has 0 aliphatic rings. The fraction of sp³-hybridized carbons (Fsp3) is 0.500. The van der Waals surface area contributed by atoms with Crippen LogP contribution in [-0.2, 0) is 4.79 Å². The van der Waals surface area contributed by atoms with E-state index in [4.69, 9.17) is 5.11 Å². The first-order chi connectivity index (χ1) is 12.6. The molecular formula is C22H34O4. The van der Waals surface area contributed by atoms with Gasteiger partial charge >= 0.3 is 5.97 Å².